The maximum Gasteiger partial charge on any atom is 0.149 e. The predicted octanol–water partition coefficient (Wildman–Crippen LogP) is 5.34. The highest BCUT2D eigenvalue weighted by atomic mass is 28.3. The van der Waals surface area contributed by atoms with Gasteiger partial charge in [0.05, 0.1) is 0 Å². The summed E-state index contributed by atoms with van der Waals surface area (Å²) in [4.78, 5) is 3.95. The van der Waals surface area contributed by atoms with Gasteiger partial charge in [-0.15, -0.1) is 0 Å². The zero-order chi connectivity index (χ0) is 15.8. The lowest BCUT2D eigenvalue weighted by molar-refractivity contribution is 0.718. The van der Waals surface area contributed by atoms with E-state index in [9.17, 15) is 0 Å². The van der Waals surface area contributed by atoms with Crippen LogP contribution in [0.2, 0.25) is 13.1 Å². The van der Waals surface area contributed by atoms with E-state index in [4.69, 9.17) is 0 Å². The maximum absolute atomic E-state index is 3.95. The lowest BCUT2D eigenvalue weighted by atomic mass is 10.1. The summed E-state index contributed by atoms with van der Waals surface area (Å²) in [5, 5.41) is 1.60. The van der Waals surface area contributed by atoms with Crippen molar-refractivity contribution in [1.29, 1.82) is 0 Å². The van der Waals surface area contributed by atoms with Crippen LogP contribution in [0.1, 0.15) is 46.2 Å². The standard InChI is InChI=1S/C19H28NSi/c1-13-14(2)16(4)19(15(13)3)21(6,7)20-17(5)18-11-9-8-10-12-18/h8-12,17,20H,1-7H3. The minimum absolute atomic E-state index is 0.391. The van der Waals surface area contributed by atoms with Crippen molar-refractivity contribution in [3.05, 3.63) is 63.7 Å². The Bertz CT molecular complexity index is 581. The van der Waals surface area contributed by atoms with Gasteiger partial charge < -0.3 is 4.98 Å². The van der Waals surface area contributed by atoms with Gasteiger partial charge in [0, 0.05) is 12.0 Å². The molecule has 0 saturated carbocycles. The number of benzene rings is 1. The molecule has 0 bridgehead atoms. The van der Waals surface area contributed by atoms with Crippen molar-refractivity contribution >= 4 is 8.24 Å². The third-order valence-electron chi connectivity index (χ3n) is 4.94. The Hall–Kier alpha value is -1.12. The third-order valence-corrected chi connectivity index (χ3v) is 8.09. The lowest BCUT2D eigenvalue weighted by Crippen LogP contribution is -2.49. The smallest absolute Gasteiger partial charge is 0.149 e. The van der Waals surface area contributed by atoms with Crippen molar-refractivity contribution in [3.8, 4) is 0 Å². The largest absolute Gasteiger partial charge is 0.328 e. The molecule has 113 valence electrons. The molecule has 2 heteroatoms. The van der Waals surface area contributed by atoms with Crippen LogP contribution < -0.4 is 4.98 Å². The second-order valence-electron chi connectivity index (χ2n) is 6.78. The number of allylic oxidation sites excluding steroid dienone is 4. The Morgan fingerprint density at radius 3 is 1.90 bits per heavy atom. The highest BCUT2D eigenvalue weighted by Gasteiger charge is 2.37. The summed E-state index contributed by atoms with van der Waals surface area (Å²) >= 11 is 0. The average Bonchev–Trinajstić information content (AvgIpc) is 2.63. The van der Waals surface area contributed by atoms with Gasteiger partial charge >= 0.3 is 0 Å². The molecule has 0 saturated heterocycles. The Balaban J connectivity index is 2.24. The summed E-state index contributed by atoms with van der Waals surface area (Å²) < 4.78 is 0. The normalized spacial score (nSPS) is 18.6. The van der Waals surface area contributed by atoms with Crippen molar-refractivity contribution in [2.45, 2.75) is 53.8 Å². The second-order valence-corrected chi connectivity index (χ2v) is 10.8. The number of nitrogens with one attached hydrogen (secondary N) is 1. The van der Waals surface area contributed by atoms with Crippen LogP contribution >= 0.6 is 0 Å². The van der Waals surface area contributed by atoms with Crippen molar-refractivity contribution in [3.63, 3.8) is 0 Å². The monoisotopic (exact) mass is 298 g/mol. The van der Waals surface area contributed by atoms with Crippen LogP contribution in [0.25, 0.3) is 0 Å². The molecule has 0 aliphatic heterocycles. The lowest BCUT2D eigenvalue weighted by Gasteiger charge is -2.33. The van der Waals surface area contributed by atoms with Gasteiger partial charge in [-0.3, -0.25) is 0 Å². The first-order valence-electron chi connectivity index (χ1n) is 7.82. The first-order valence-corrected chi connectivity index (χ1v) is 10.8. The van der Waals surface area contributed by atoms with Gasteiger partial charge in [0.2, 0.25) is 0 Å². The molecule has 0 aromatic heterocycles. The molecule has 1 nitrogen and oxygen atoms in total. The molecule has 1 unspecified atom stereocenters. The summed E-state index contributed by atoms with van der Waals surface area (Å²) in [5.74, 6) is 1.49. The van der Waals surface area contributed by atoms with Crippen LogP contribution in [-0.4, -0.2) is 8.24 Å². The van der Waals surface area contributed by atoms with Crippen molar-refractivity contribution < 1.29 is 0 Å². The summed E-state index contributed by atoms with van der Waals surface area (Å²) in [6, 6.07) is 11.1. The van der Waals surface area contributed by atoms with Gasteiger partial charge in [0.1, 0.15) is 8.24 Å². The van der Waals surface area contributed by atoms with Crippen LogP contribution in [-0.2, 0) is 0 Å². The molecule has 1 aromatic rings. The summed E-state index contributed by atoms with van der Waals surface area (Å²) in [6.45, 7) is 16.2. The van der Waals surface area contributed by atoms with Crippen molar-refractivity contribution in [2.75, 3.05) is 0 Å². The highest BCUT2D eigenvalue weighted by Crippen LogP contribution is 2.42. The van der Waals surface area contributed by atoms with Crippen molar-refractivity contribution in [1.82, 2.24) is 4.98 Å². The summed E-state index contributed by atoms with van der Waals surface area (Å²) in [5.41, 5.74) is 5.80. The first kappa shape index (κ1) is 16.3. The fraction of sp³-hybridized carbons (Fsp3) is 0.421. The van der Waals surface area contributed by atoms with Gasteiger partial charge in [-0.2, -0.15) is 0 Å². The molecule has 0 amide bonds. The van der Waals surface area contributed by atoms with E-state index >= 15 is 0 Å². The van der Waals surface area contributed by atoms with Gasteiger partial charge in [-0.25, -0.2) is 0 Å². The van der Waals surface area contributed by atoms with Gasteiger partial charge in [-0.1, -0.05) is 66.7 Å². The SMILES string of the molecule is C[C]1C(C)=C(C)C(C)=C1[Si](C)(C)NC(C)c1ccccc1. The van der Waals surface area contributed by atoms with E-state index < -0.39 is 8.24 Å². The zero-order valence-electron chi connectivity index (χ0n) is 14.5. The Kier molecular flexibility index (Phi) is 4.59. The van der Waals surface area contributed by atoms with Crippen LogP contribution in [0.4, 0.5) is 0 Å². The Morgan fingerprint density at radius 2 is 1.43 bits per heavy atom. The zero-order valence-corrected chi connectivity index (χ0v) is 15.5. The van der Waals surface area contributed by atoms with Gasteiger partial charge in [-0.05, 0) is 38.8 Å². The Labute approximate surface area is 131 Å². The number of rotatable bonds is 4. The maximum atomic E-state index is 3.95. The molecule has 0 spiro atoms. The fourth-order valence-electron chi connectivity index (χ4n) is 3.59. The molecule has 1 aliphatic carbocycles. The van der Waals surface area contributed by atoms with Gasteiger partial charge in [0.25, 0.3) is 0 Å². The van der Waals surface area contributed by atoms with E-state index in [-0.39, 0.29) is 0 Å². The molecule has 1 radical (unpaired) electrons. The quantitative estimate of drug-likeness (QED) is 0.740. The molecule has 2 rings (SSSR count). The topological polar surface area (TPSA) is 12.0 Å². The minimum Gasteiger partial charge on any atom is -0.328 e. The van der Waals surface area contributed by atoms with E-state index in [0.717, 1.165) is 0 Å². The van der Waals surface area contributed by atoms with E-state index in [2.05, 4.69) is 83.0 Å². The minimum atomic E-state index is -1.67. The predicted molar refractivity (Wildman–Crippen MR) is 95.5 cm³/mol. The molecule has 1 aromatic carbocycles. The van der Waals surface area contributed by atoms with Crippen LogP contribution in [0, 0.1) is 5.92 Å². The van der Waals surface area contributed by atoms with Crippen LogP contribution in [0.3, 0.4) is 0 Å². The van der Waals surface area contributed by atoms with E-state index in [1.54, 1.807) is 5.20 Å². The van der Waals surface area contributed by atoms with Gasteiger partial charge in [0.15, 0.2) is 0 Å². The molecular weight excluding hydrogens is 270 g/mol. The molecule has 1 N–H and O–H groups in total. The molecule has 0 heterocycles. The molecule has 0 fully saturated rings. The molecule has 21 heavy (non-hydrogen) atoms. The Morgan fingerprint density at radius 1 is 0.857 bits per heavy atom. The summed E-state index contributed by atoms with van der Waals surface area (Å²) in [6.07, 6.45) is 0. The van der Waals surface area contributed by atoms with Crippen molar-refractivity contribution in [2.24, 2.45) is 0 Å². The van der Waals surface area contributed by atoms with Crippen LogP contribution in [0.5, 0.6) is 0 Å². The first-order chi connectivity index (χ1) is 9.75. The average molecular weight is 299 g/mol. The van der Waals surface area contributed by atoms with E-state index in [0.29, 0.717) is 6.04 Å². The third kappa shape index (κ3) is 3.07. The van der Waals surface area contributed by atoms with Crippen LogP contribution in [0.15, 0.2) is 52.2 Å². The van der Waals surface area contributed by atoms with E-state index in [1.165, 1.54) is 28.2 Å². The fourth-order valence-corrected chi connectivity index (χ4v) is 7.24. The number of hydrogen-bond donors (Lipinski definition) is 1. The highest BCUT2D eigenvalue weighted by molar-refractivity contribution is 6.83. The van der Waals surface area contributed by atoms with E-state index in [1.807, 2.05) is 0 Å². The molecular formula is C19H28NSi. The molecule has 1 atom stereocenters. The molecule has 1 aliphatic rings. The second kappa shape index (κ2) is 5.94. The summed E-state index contributed by atoms with van der Waals surface area (Å²) in [7, 11) is -1.67. The number of hydrogen-bond acceptors (Lipinski definition) is 1.